The molecule has 0 radical (unpaired) electrons. The minimum atomic E-state index is -0.277. The summed E-state index contributed by atoms with van der Waals surface area (Å²) in [5.41, 5.74) is 1.56. The van der Waals surface area contributed by atoms with Gasteiger partial charge in [-0.25, -0.2) is 14.8 Å². The Balaban J connectivity index is 1.53. The number of nitrogens with zero attached hydrogens (tertiary/aromatic N) is 2. The number of carbonyl (C=O) groups is 1. The van der Waals surface area contributed by atoms with Gasteiger partial charge < -0.3 is 14.8 Å². The Morgan fingerprint density at radius 3 is 2.81 bits per heavy atom. The molecule has 2 heterocycles. The maximum absolute atomic E-state index is 12.4. The first kappa shape index (κ1) is 18.3. The zero-order valence-corrected chi connectivity index (χ0v) is 15.2. The Morgan fingerprint density at radius 2 is 2.08 bits per heavy atom. The molecule has 26 heavy (non-hydrogen) atoms. The molecule has 1 aromatic heterocycles. The molecular weight excluding hydrogens is 330 g/mol. The van der Waals surface area contributed by atoms with Crippen LogP contribution >= 0.6 is 0 Å². The Morgan fingerprint density at radius 1 is 1.27 bits per heavy atom. The maximum atomic E-state index is 12.4. The van der Waals surface area contributed by atoms with Crippen LogP contribution < -0.4 is 5.32 Å². The molecule has 0 bridgehead atoms. The van der Waals surface area contributed by atoms with E-state index in [2.05, 4.69) is 29.1 Å². The smallest absolute Gasteiger partial charge is 0.338 e. The van der Waals surface area contributed by atoms with E-state index < -0.39 is 0 Å². The van der Waals surface area contributed by atoms with Crippen LogP contribution in [0.1, 0.15) is 42.6 Å². The Hall–Kier alpha value is -2.47. The summed E-state index contributed by atoms with van der Waals surface area (Å²) in [4.78, 5) is 20.4. The molecule has 1 saturated heterocycles. The molecule has 1 unspecified atom stereocenters. The van der Waals surface area contributed by atoms with Crippen molar-refractivity contribution in [3.8, 4) is 0 Å². The molecule has 138 valence electrons. The highest BCUT2D eigenvalue weighted by molar-refractivity contribution is 5.89. The van der Waals surface area contributed by atoms with E-state index in [1.165, 1.54) is 6.33 Å². The first-order valence-corrected chi connectivity index (χ1v) is 9.01. The van der Waals surface area contributed by atoms with Gasteiger partial charge in [0.15, 0.2) is 0 Å². The molecule has 1 fully saturated rings. The van der Waals surface area contributed by atoms with Gasteiger partial charge >= 0.3 is 5.97 Å². The van der Waals surface area contributed by atoms with E-state index in [4.69, 9.17) is 9.47 Å². The van der Waals surface area contributed by atoms with Crippen molar-refractivity contribution >= 4 is 11.8 Å². The van der Waals surface area contributed by atoms with Crippen molar-refractivity contribution in [1.29, 1.82) is 0 Å². The number of benzene rings is 1. The molecule has 0 amide bonds. The molecule has 0 saturated carbocycles. The van der Waals surface area contributed by atoms with Gasteiger partial charge in [-0.3, -0.25) is 0 Å². The second-order valence-electron chi connectivity index (χ2n) is 6.84. The lowest BCUT2D eigenvalue weighted by Crippen LogP contribution is -2.32. The topological polar surface area (TPSA) is 73.3 Å². The summed E-state index contributed by atoms with van der Waals surface area (Å²) in [6.45, 7) is 5.16. The largest absolute Gasteiger partial charge is 0.462 e. The summed E-state index contributed by atoms with van der Waals surface area (Å²) in [5, 5.41) is 3.20. The van der Waals surface area contributed by atoms with Gasteiger partial charge in [0.25, 0.3) is 0 Å². The van der Waals surface area contributed by atoms with Crippen LogP contribution in [0.25, 0.3) is 0 Å². The summed E-state index contributed by atoms with van der Waals surface area (Å²) >= 11 is 0. The third-order valence-electron chi connectivity index (χ3n) is 4.46. The highest BCUT2D eigenvalue weighted by Crippen LogP contribution is 2.25. The molecule has 1 aliphatic heterocycles. The van der Waals surface area contributed by atoms with E-state index in [0.717, 1.165) is 24.2 Å². The third-order valence-corrected chi connectivity index (χ3v) is 4.46. The van der Waals surface area contributed by atoms with Crippen molar-refractivity contribution in [1.82, 2.24) is 9.97 Å². The molecule has 2 aromatic rings. The molecular formula is C20H25N3O3. The number of carbonyl (C=O) groups excluding carboxylic acids is 1. The van der Waals surface area contributed by atoms with Gasteiger partial charge in [-0.2, -0.15) is 0 Å². The van der Waals surface area contributed by atoms with Crippen molar-refractivity contribution in [2.45, 2.75) is 45.4 Å². The van der Waals surface area contributed by atoms with Gasteiger partial charge in [0.2, 0.25) is 0 Å². The van der Waals surface area contributed by atoms with Crippen LogP contribution in [0.2, 0.25) is 0 Å². The first-order valence-electron chi connectivity index (χ1n) is 9.01. The number of anilines is 1. The van der Waals surface area contributed by atoms with Crippen LogP contribution in [0.3, 0.4) is 0 Å². The number of hydrogen-bond donors (Lipinski definition) is 1. The molecule has 6 nitrogen and oxygen atoms in total. The van der Waals surface area contributed by atoms with Crippen molar-refractivity contribution in [2.75, 3.05) is 11.9 Å². The van der Waals surface area contributed by atoms with E-state index in [9.17, 15) is 4.79 Å². The van der Waals surface area contributed by atoms with Crippen LogP contribution in [-0.4, -0.2) is 34.8 Å². The zero-order chi connectivity index (χ0) is 18.4. The SMILES string of the molecule is C[C@@H]1CC(COC(=O)c2cccc(CNc3ccncn3)c2)C[C@H](C)O1. The van der Waals surface area contributed by atoms with Gasteiger partial charge in [0, 0.05) is 12.7 Å². The van der Waals surface area contributed by atoms with Crippen molar-refractivity contribution in [2.24, 2.45) is 5.92 Å². The number of rotatable bonds is 6. The van der Waals surface area contributed by atoms with Gasteiger partial charge in [0.1, 0.15) is 12.1 Å². The minimum Gasteiger partial charge on any atom is -0.462 e. The normalized spacial score (nSPS) is 22.6. The summed E-state index contributed by atoms with van der Waals surface area (Å²) in [5.74, 6) is 0.830. The van der Waals surface area contributed by atoms with Gasteiger partial charge in [-0.1, -0.05) is 12.1 Å². The Labute approximate surface area is 154 Å². The Kier molecular flexibility index (Phi) is 6.17. The zero-order valence-electron chi connectivity index (χ0n) is 15.2. The third kappa shape index (κ3) is 5.26. The molecule has 1 aliphatic rings. The molecule has 0 aliphatic carbocycles. The summed E-state index contributed by atoms with van der Waals surface area (Å²) in [6.07, 6.45) is 5.48. The fourth-order valence-electron chi connectivity index (χ4n) is 3.35. The molecule has 1 N–H and O–H groups in total. The molecule has 0 spiro atoms. The van der Waals surface area contributed by atoms with E-state index in [0.29, 0.717) is 24.6 Å². The standard InChI is InChI=1S/C20H25N3O3/c1-14-8-17(9-15(2)26-14)12-25-20(24)18-5-3-4-16(10-18)11-22-19-6-7-21-13-23-19/h3-7,10,13-15,17H,8-9,11-12H2,1-2H3,(H,21,22,23)/t14-,15+,17?. The van der Waals surface area contributed by atoms with Crippen molar-refractivity contribution < 1.29 is 14.3 Å². The number of nitrogens with one attached hydrogen (secondary N) is 1. The predicted octanol–water partition coefficient (Wildman–Crippen LogP) is 3.45. The fraction of sp³-hybridized carbons (Fsp3) is 0.450. The minimum absolute atomic E-state index is 0.221. The van der Waals surface area contributed by atoms with Gasteiger partial charge in [0.05, 0.1) is 24.4 Å². The lowest BCUT2D eigenvalue weighted by Gasteiger charge is -2.31. The van der Waals surface area contributed by atoms with Gasteiger partial charge in [-0.15, -0.1) is 0 Å². The van der Waals surface area contributed by atoms with Crippen molar-refractivity contribution in [3.05, 3.63) is 54.0 Å². The Bertz CT molecular complexity index is 713. The van der Waals surface area contributed by atoms with Gasteiger partial charge in [-0.05, 0) is 56.4 Å². The first-order chi connectivity index (χ1) is 12.6. The van der Waals surface area contributed by atoms with Crippen LogP contribution in [0.4, 0.5) is 5.82 Å². The van der Waals surface area contributed by atoms with Crippen LogP contribution in [-0.2, 0) is 16.0 Å². The van der Waals surface area contributed by atoms with E-state index in [1.807, 2.05) is 18.2 Å². The van der Waals surface area contributed by atoms with E-state index in [-0.39, 0.29) is 18.2 Å². The predicted molar refractivity (Wildman–Crippen MR) is 98.8 cm³/mol. The molecule has 3 atom stereocenters. The monoisotopic (exact) mass is 355 g/mol. The summed E-state index contributed by atoms with van der Waals surface area (Å²) in [7, 11) is 0. The number of ether oxygens (including phenoxy) is 2. The summed E-state index contributed by atoms with van der Waals surface area (Å²) in [6, 6.07) is 9.27. The molecule has 3 rings (SSSR count). The number of esters is 1. The highest BCUT2D eigenvalue weighted by atomic mass is 16.5. The fourth-order valence-corrected chi connectivity index (χ4v) is 3.35. The average molecular weight is 355 g/mol. The van der Waals surface area contributed by atoms with Crippen LogP contribution in [0.15, 0.2) is 42.9 Å². The highest BCUT2D eigenvalue weighted by Gasteiger charge is 2.25. The van der Waals surface area contributed by atoms with E-state index >= 15 is 0 Å². The lowest BCUT2D eigenvalue weighted by atomic mass is 9.93. The lowest BCUT2D eigenvalue weighted by molar-refractivity contribution is -0.0639. The second-order valence-corrected chi connectivity index (χ2v) is 6.84. The molecule has 6 heteroatoms. The summed E-state index contributed by atoms with van der Waals surface area (Å²) < 4.78 is 11.3. The second kappa shape index (κ2) is 8.76. The maximum Gasteiger partial charge on any atom is 0.338 e. The van der Waals surface area contributed by atoms with Crippen LogP contribution in [0, 0.1) is 5.92 Å². The number of aromatic nitrogens is 2. The average Bonchev–Trinajstić information content (AvgIpc) is 2.65. The van der Waals surface area contributed by atoms with Crippen LogP contribution in [0.5, 0.6) is 0 Å². The molecule has 1 aromatic carbocycles. The number of hydrogen-bond acceptors (Lipinski definition) is 6. The van der Waals surface area contributed by atoms with Crippen molar-refractivity contribution in [3.63, 3.8) is 0 Å². The van der Waals surface area contributed by atoms with E-state index in [1.54, 1.807) is 18.3 Å². The quantitative estimate of drug-likeness (QED) is 0.800.